The molecule has 4 rings (SSSR count). The van der Waals surface area contributed by atoms with E-state index in [1.54, 1.807) is 26.5 Å². The summed E-state index contributed by atoms with van der Waals surface area (Å²) in [7, 11) is 0. The van der Waals surface area contributed by atoms with Crippen molar-refractivity contribution in [2.24, 2.45) is 5.92 Å². The number of nitrogens with zero attached hydrogens (tertiary/aromatic N) is 4. The van der Waals surface area contributed by atoms with Crippen LogP contribution < -0.4 is 10.7 Å². The number of likely N-dealkylation sites (tertiary alicyclic amines) is 1. The van der Waals surface area contributed by atoms with Gasteiger partial charge in [0.25, 0.3) is 11.8 Å². The van der Waals surface area contributed by atoms with Gasteiger partial charge in [-0.3, -0.25) is 14.4 Å². The lowest BCUT2D eigenvalue weighted by atomic mass is 9.98. The molecule has 1 saturated heterocycles. The minimum Gasteiger partial charge on any atom is -0.350 e. The number of carbonyl (C=O) groups is 2. The Morgan fingerprint density at radius 3 is 2.38 bits per heavy atom. The van der Waals surface area contributed by atoms with E-state index in [0.29, 0.717) is 19.0 Å². The van der Waals surface area contributed by atoms with Crippen LogP contribution in [0.2, 0.25) is 0 Å². The molecular formula is C26H31N5O3. The minimum atomic E-state index is -0.521. The van der Waals surface area contributed by atoms with Gasteiger partial charge in [0, 0.05) is 50.5 Å². The highest BCUT2D eigenvalue weighted by Gasteiger charge is 2.26. The molecule has 0 atom stereocenters. The van der Waals surface area contributed by atoms with Gasteiger partial charge in [0.1, 0.15) is 11.1 Å². The number of nitrogens with one attached hydrogen (secondary N) is 1. The van der Waals surface area contributed by atoms with E-state index < -0.39 is 11.3 Å². The van der Waals surface area contributed by atoms with Crippen LogP contribution in [-0.2, 0) is 6.54 Å². The molecule has 1 aliphatic rings. The first-order valence-corrected chi connectivity index (χ1v) is 11.8. The van der Waals surface area contributed by atoms with Crippen LogP contribution in [0.25, 0.3) is 5.69 Å². The maximum Gasteiger partial charge on any atom is 0.259 e. The molecule has 0 unspecified atom stereocenters. The van der Waals surface area contributed by atoms with Crippen LogP contribution in [0.3, 0.4) is 0 Å². The van der Waals surface area contributed by atoms with Crippen LogP contribution in [0, 0.1) is 5.92 Å². The number of rotatable bonds is 6. The van der Waals surface area contributed by atoms with E-state index in [0.717, 1.165) is 24.1 Å². The molecule has 0 bridgehead atoms. The van der Waals surface area contributed by atoms with Crippen LogP contribution >= 0.6 is 0 Å². The van der Waals surface area contributed by atoms with Gasteiger partial charge in [-0.25, -0.2) is 4.68 Å². The number of pyridine rings is 1. The first kappa shape index (κ1) is 23.5. The summed E-state index contributed by atoms with van der Waals surface area (Å²) >= 11 is 0. The summed E-state index contributed by atoms with van der Waals surface area (Å²) in [6, 6.07) is 9.48. The zero-order valence-corrected chi connectivity index (χ0v) is 19.9. The molecule has 0 saturated carbocycles. The Morgan fingerprint density at radius 1 is 1.09 bits per heavy atom. The molecule has 2 aromatic heterocycles. The van der Waals surface area contributed by atoms with Gasteiger partial charge < -0.3 is 14.8 Å². The second-order valence-corrected chi connectivity index (χ2v) is 9.23. The Bertz CT molecular complexity index is 1200. The van der Waals surface area contributed by atoms with Crippen molar-refractivity contribution < 1.29 is 9.59 Å². The van der Waals surface area contributed by atoms with Crippen molar-refractivity contribution in [3.63, 3.8) is 0 Å². The number of benzene rings is 1. The molecule has 1 fully saturated rings. The Morgan fingerprint density at radius 2 is 1.76 bits per heavy atom. The third kappa shape index (κ3) is 5.11. The van der Waals surface area contributed by atoms with Crippen LogP contribution in [0.1, 0.15) is 65.9 Å². The number of amides is 2. The summed E-state index contributed by atoms with van der Waals surface area (Å²) in [5.41, 5.74) is 1.32. The van der Waals surface area contributed by atoms with E-state index in [4.69, 9.17) is 0 Å². The summed E-state index contributed by atoms with van der Waals surface area (Å²) in [5, 5.41) is 7.03. The maximum atomic E-state index is 13.2. The first-order valence-electron chi connectivity index (χ1n) is 11.8. The fraction of sp³-hybridized carbons (Fsp3) is 0.385. The lowest BCUT2D eigenvalue weighted by Crippen LogP contribution is -2.41. The van der Waals surface area contributed by atoms with Crippen molar-refractivity contribution in [2.45, 2.75) is 46.2 Å². The topological polar surface area (TPSA) is 89.2 Å². The molecular weight excluding hydrogens is 430 g/mol. The number of hydrogen-bond donors (Lipinski definition) is 1. The molecule has 2 amide bonds. The quantitative estimate of drug-likeness (QED) is 0.609. The Hall–Kier alpha value is -3.68. The van der Waals surface area contributed by atoms with Crippen LogP contribution in [0.15, 0.2) is 59.9 Å². The van der Waals surface area contributed by atoms with Crippen LogP contribution in [0.5, 0.6) is 0 Å². The molecule has 0 spiro atoms. The van der Waals surface area contributed by atoms with Gasteiger partial charge in [0.05, 0.1) is 5.69 Å². The van der Waals surface area contributed by atoms with Crippen molar-refractivity contribution in [3.05, 3.63) is 82.0 Å². The van der Waals surface area contributed by atoms with E-state index in [1.165, 1.54) is 6.20 Å². The second kappa shape index (κ2) is 10.1. The maximum absolute atomic E-state index is 13.2. The smallest absolute Gasteiger partial charge is 0.259 e. The third-order valence-electron chi connectivity index (χ3n) is 6.35. The molecule has 0 aliphatic carbocycles. The van der Waals surface area contributed by atoms with Gasteiger partial charge in [-0.1, -0.05) is 19.1 Å². The monoisotopic (exact) mass is 461 g/mol. The van der Waals surface area contributed by atoms with E-state index in [1.807, 2.05) is 50.4 Å². The van der Waals surface area contributed by atoms with Gasteiger partial charge in [-0.2, -0.15) is 5.10 Å². The van der Waals surface area contributed by atoms with Gasteiger partial charge >= 0.3 is 0 Å². The largest absolute Gasteiger partial charge is 0.350 e. The molecule has 34 heavy (non-hydrogen) atoms. The normalized spacial score (nSPS) is 14.4. The zero-order valence-electron chi connectivity index (χ0n) is 19.9. The summed E-state index contributed by atoms with van der Waals surface area (Å²) < 4.78 is 3.51. The summed E-state index contributed by atoms with van der Waals surface area (Å²) in [6.45, 7) is 7.59. The number of carbonyl (C=O) groups excluding carboxylic acids is 2. The fourth-order valence-electron chi connectivity index (χ4n) is 4.06. The predicted octanol–water partition coefficient (Wildman–Crippen LogP) is 3.42. The second-order valence-electron chi connectivity index (χ2n) is 9.23. The van der Waals surface area contributed by atoms with Crippen molar-refractivity contribution in [1.82, 2.24) is 24.6 Å². The van der Waals surface area contributed by atoms with Crippen molar-refractivity contribution in [3.8, 4) is 5.69 Å². The van der Waals surface area contributed by atoms with Gasteiger partial charge in [-0.05, 0) is 56.4 Å². The standard InChI is InChI=1S/C26H31N5O3/c1-18(2)30-16-22(24(32)23(17-30)26(34)29-13-9-19(3)10-14-29)25(33)27-15-20-5-7-21(8-6-20)31-12-4-11-28-31/h4-8,11-12,16-19H,9-10,13-15H2,1-3H3,(H,27,33). The van der Waals surface area contributed by atoms with Crippen LogP contribution in [0.4, 0.5) is 0 Å². The average Bonchev–Trinajstić information content (AvgIpc) is 3.38. The lowest BCUT2D eigenvalue weighted by molar-refractivity contribution is 0.0695. The number of piperidine rings is 1. The van der Waals surface area contributed by atoms with E-state index in [-0.39, 0.29) is 29.6 Å². The Labute approximate surface area is 199 Å². The van der Waals surface area contributed by atoms with E-state index >= 15 is 0 Å². The number of aromatic nitrogens is 3. The van der Waals surface area contributed by atoms with Gasteiger partial charge in [0.15, 0.2) is 0 Å². The highest BCUT2D eigenvalue weighted by atomic mass is 16.2. The molecule has 8 nitrogen and oxygen atoms in total. The molecule has 1 aromatic carbocycles. The van der Waals surface area contributed by atoms with E-state index in [2.05, 4.69) is 17.3 Å². The Kier molecular flexibility index (Phi) is 6.95. The molecule has 178 valence electrons. The lowest BCUT2D eigenvalue weighted by Gasteiger charge is -2.30. The summed E-state index contributed by atoms with van der Waals surface area (Å²) in [5.74, 6) is -0.213. The van der Waals surface area contributed by atoms with Gasteiger partial charge in [0.2, 0.25) is 5.43 Å². The zero-order chi connectivity index (χ0) is 24.2. The van der Waals surface area contributed by atoms with Crippen molar-refractivity contribution >= 4 is 11.8 Å². The average molecular weight is 462 g/mol. The van der Waals surface area contributed by atoms with E-state index in [9.17, 15) is 14.4 Å². The summed E-state index contributed by atoms with van der Waals surface area (Å²) in [6.07, 6.45) is 8.53. The molecule has 1 aliphatic heterocycles. The molecule has 8 heteroatoms. The summed E-state index contributed by atoms with van der Waals surface area (Å²) in [4.78, 5) is 41.1. The Balaban J connectivity index is 1.52. The van der Waals surface area contributed by atoms with Gasteiger partial charge in [-0.15, -0.1) is 0 Å². The fourth-order valence-corrected chi connectivity index (χ4v) is 4.06. The predicted molar refractivity (Wildman–Crippen MR) is 130 cm³/mol. The van der Waals surface area contributed by atoms with Crippen molar-refractivity contribution in [1.29, 1.82) is 0 Å². The van der Waals surface area contributed by atoms with Crippen molar-refractivity contribution in [2.75, 3.05) is 13.1 Å². The third-order valence-corrected chi connectivity index (χ3v) is 6.35. The highest BCUT2D eigenvalue weighted by molar-refractivity contribution is 5.99. The highest BCUT2D eigenvalue weighted by Crippen LogP contribution is 2.18. The molecule has 3 aromatic rings. The van der Waals surface area contributed by atoms with Crippen LogP contribution in [-0.4, -0.2) is 44.2 Å². The molecule has 1 N–H and O–H groups in total. The SMILES string of the molecule is CC1CCN(C(=O)c2cn(C(C)C)cc(C(=O)NCc3ccc(-n4cccn4)cc3)c2=O)CC1. The molecule has 3 heterocycles. The minimum absolute atomic E-state index is 0.00471. The molecule has 0 radical (unpaired) electrons. The first-order chi connectivity index (χ1) is 16.3. The number of hydrogen-bond acceptors (Lipinski definition) is 4.